The first kappa shape index (κ1) is 21.4. The van der Waals surface area contributed by atoms with E-state index in [1.807, 2.05) is 38.1 Å². The minimum absolute atomic E-state index is 0.438. The number of anilines is 2. The van der Waals surface area contributed by atoms with Gasteiger partial charge in [-0.2, -0.15) is 0 Å². The van der Waals surface area contributed by atoms with Crippen LogP contribution < -0.4 is 16.0 Å². The largest absolute Gasteiger partial charge is 0.348 e. The molecule has 0 aliphatic carbocycles. The highest BCUT2D eigenvalue weighted by Gasteiger charge is 2.08. The van der Waals surface area contributed by atoms with Crippen LogP contribution in [0.2, 0.25) is 0 Å². The molecule has 156 valence electrons. The number of hydrogen-bond donors (Lipinski definition) is 4. The minimum Gasteiger partial charge on any atom is -0.348 e. The van der Waals surface area contributed by atoms with Crippen molar-refractivity contribution in [2.24, 2.45) is 4.99 Å². The number of rotatable bonds is 6. The van der Waals surface area contributed by atoms with Gasteiger partial charge in [-0.15, -0.1) is 0 Å². The number of imidazole rings is 1. The fourth-order valence-electron chi connectivity index (χ4n) is 2.92. The Hall–Kier alpha value is -3.33. The summed E-state index contributed by atoms with van der Waals surface area (Å²) in [7, 11) is 0. The first-order valence-electron chi connectivity index (χ1n) is 9.80. The van der Waals surface area contributed by atoms with Crippen molar-refractivity contribution in [1.29, 1.82) is 0 Å². The third-order valence-corrected chi connectivity index (χ3v) is 4.50. The summed E-state index contributed by atoms with van der Waals surface area (Å²) in [4.78, 5) is 20.6. The Kier molecular flexibility index (Phi) is 7.45. The summed E-state index contributed by atoms with van der Waals surface area (Å²) in [6.45, 7) is 6.50. The zero-order valence-corrected chi connectivity index (χ0v) is 18.2. The molecular formula is C21H26N8S. The van der Waals surface area contributed by atoms with Gasteiger partial charge in [0.15, 0.2) is 5.11 Å². The number of nitrogens with one attached hydrogen (secondary N) is 4. The number of nitrogens with zero attached hydrogens (tertiary/aromatic N) is 4. The predicted molar refractivity (Wildman–Crippen MR) is 125 cm³/mol. The van der Waals surface area contributed by atoms with E-state index in [-0.39, 0.29) is 0 Å². The highest BCUT2D eigenvalue weighted by molar-refractivity contribution is 7.80. The van der Waals surface area contributed by atoms with Gasteiger partial charge in [0.25, 0.3) is 0 Å². The molecule has 0 radical (unpaired) electrons. The van der Waals surface area contributed by atoms with Gasteiger partial charge in [-0.25, -0.2) is 15.0 Å². The van der Waals surface area contributed by atoms with E-state index in [0.29, 0.717) is 23.6 Å². The predicted octanol–water partition coefficient (Wildman–Crippen LogP) is 3.38. The fourth-order valence-corrected chi connectivity index (χ4v) is 3.13. The number of H-pyrrole nitrogens is 1. The maximum absolute atomic E-state index is 5.52. The van der Waals surface area contributed by atoms with Crippen LogP contribution in [0.4, 0.5) is 11.6 Å². The topological polar surface area (TPSA) is 103 Å². The van der Waals surface area contributed by atoms with Crippen molar-refractivity contribution in [3.63, 3.8) is 0 Å². The SMILES string of the molecule is CCc1ccccc1NC(=S)NC(=NCCc1cnc[nH]1)Nc1nc(C)cc(C)n1. The summed E-state index contributed by atoms with van der Waals surface area (Å²) in [5.41, 5.74) is 4.92. The lowest BCUT2D eigenvalue weighted by Crippen LogP contribution is -2.39. The highest BCUT2D eigenvalue weighted by atomic mass is 32.1. The first-order chi connectivity index (χ1) is 14.5. The number of aromatic nitrogens is 4. The molecule has 2 heterocycles. The third kappa shape index (κ3) is 6.35. The second-order valence-electron chi connectivity index (χ2n) is 6.75. The molecule has 1 aromatic carbocycles. The monoisotopic (exact) mass is 422 g/mol. The Bertz CT molecular complexity index is 993. The molecule has 0 saturated heterocycles. The number of benzene rings is 1. The van der Waals surface area contributed by atoms with Crippen molar-refractivity contribution >= 4 is 34.9 Å². The zero-order chi connectivity index (χ0) is 21.3. The number of guanidine groups is 1. The average molecular weight is 423 g/mol. The van der Waals surface area contributed by atoms with Gasteiger partial charge in [0, 0.05) is 41.9 Å². The minimum atomic E-state index is 0.438. The molecule has 0 aliphatic heterocycles. The van der Waals surface area contributed by atoms with Crippen LogP contribution in [0.25, 0.3) is 0 Å². The molecule has 0 spiro atoms. The summed E-state index contributed by atoms with van der Waals surface area (Å²) in [5.74, 6) is 0.947. The van der Waals surface area contributed by atoms with Gasteiger partial charge in [-0.05, 0) is 50.2 Å². The van der Waals surface area contributed by atoms with Crippen LogP contribution in [0.3, 0.4) is 0 Å². The normalized spacial score (nSPS) is 11.2. The van der Waals surface area contributed by atoms with E-state index >= 15 is 0 Å². The lowest BCUT2D eigenvalue weighted by atomic mass is 10.1. The van der Waals surface area contributed by atoms with E-state index < -0.39 is 0 Å². The average Bonchev–Trinajstić information content (AvgIpc) is 3.21. The van der Waals surface area contributed by atoms with Crippen LogP contribution >= 0.6 is 12.2 Å². The molecule has 0 amide bonds. The maximum atomic E-state index is 5.52. The van der Waals surface area contributed by atoms with Crippen molar-refractivity contribution in [3.05, 3.63) is 65.5 Å². The smallest absolute Gasteiger partial charge is 0.229 e. The number of hydrogen-bond acceptors (Lipinski definition) is 5. The molecule has 0 atom stereocenters. The van der Waals surface area contributed by atoms with E-state index in [1.165, 1.54) is 5.56 Å². The van der Waals surface area contributed by atoms with Crippen LogP contribution in [0.5, 0.6) is 0 Å². The number of thiocarbonyl (C=S) groups is 1. The molecule has 9 heteroatoms. The summed E-state index contributed by atoms with van der Waals surface area (Å²) in [5, 5.41) is 9.97. The Morgan fingerprint density at radius 2 is 1.90 bits per heavy atom. The Morgan fingerprint density at radius 1 is 1.13 bits per heavy atom. The van der Waals surface area contributed by atoms with Crippen molar-refractivity contribution in [2.75, 3.05) is 17.2 Å². The molecule has 3 aromatic rings. The summed E-state index contributed by atoms with van der Waals surface area (Å²) in [6, 6.07) is 9.99. The van der Waals surface area contributed by atoms with Crippen LogP contribution in [0.15, 0.2) is 47.8 Å². The molecule has 2 aromatic heterocycles. The molecule has 0 aliphatic rings. The number of aliphatic imine (C=N–C) groups is 1. The summed E-state index contributed by atoms with van der Waals surface area (Å²) < 4.78 is 0. The van der Waals surface area contributed by atoms with E-state index in [0.717, 1.165) is 35.6 Å². The number of aromatic amines is 1. The van der Waals surface area contributed by atoms with Gasteiger partial charge in [-0.1, -0.05) is 25.1 Å². The standard InChI is InChI=1S/C21H26N8S/c1-4-16-7-5-6-8-18(16)27-21(30)29-19(23-10-9-17-12-22-13-24-17)28-20-25-14(2)11-15(3)26-20/h5-8,11-13H,4,9-10H2,1-3H3,(H,22,24)(H3,23,25,26,27,28,29,30). The molecule has 3 rings (SSSR count). The van der Waals surface area contributed by atoms with Gasteiger partial charge in [0.1, 0.15) is 0 Å². The molecule has 30 heavy (non-hydrogen) atoms. The molecule has 8 nitrogen and oxygen atoms in total. The molecule has 4 N–H and O–H groups in total. The Balaban J connectivity index is 1.72. The third-order valence-electron chi connectivity index (χ3n) is 4.30. The zero-order valence-electron chi connectivity index (χ0n) is 17.4. The van der Waals surface area contributed by atoms with E-state index in [4.69, 9.17) is 12.2 Å². The number of aryl methyl sites for hydroxylation is 3. The molecular weight excluding hydrogens is 396 g/mol. The number of para-hydroxylation sites is 1. The van der Waals surface area contributed by atoms with Gasteiger partial charge in [-0.3, -0.25) is 10.3 Å². The molecule has 0 unspecified atom stereocenters. The van der Waals surface area contributed by atoms with Crippen molar-refractivity contribution < 1.29 is 0 Å². The van der Waals surface area contributed by atoms with Crippen LogP contribution in [-0.2, 0) is 12.8 Å². The Labute approximate surface area is 181 Å². The highest BCUT2D eigenvalue weighted by Crippen LogP contribution is 2.15. The van der Waals surface area contributed by atoms with Crippen molar-refractivity contribution in [3.8, 4) is 0 Å². The molecule has 0 saturated carbocycles. The quantitative estimate of drug-likeness (QED) is 0.274. The fraction of sp³-hybridized carbons (Fsp3) is 0.286. The van der Waals surface area contributed by atoms with Crippen LogP contribution in [-0.4, -0.2) is 37.6 Å². The summed E-state index contributed by atoms with van der Waals surface area (Å²) >= 11 is 5.52. The first-order valence-corrected chi connectivity index (χ1v) is 10.2. The van der Waals surface area contributed by atoms with Crippen LogP contribution in [0.1, 0.15) is 29.6 Å². The lowest BCUT2D eigenvalue weighted by Gasteiger charge is -2.16. The van der Waals surface area contributed by atoms with Gasteiger partial charge in [0.05, 0.1) is 6.33 Å². The summed E-state index contributed by atoms with van der Waals surface area (Å²) in [6.07, 6.45) is 5.08. The second-order valence-corrected chi connectivity index (χ2v) is 7.15. The Morgan fingerprint density at radius 3 is 2.60 bits per heavy atom. The van der Waals surface area contributed by atoms with Gasteiger partial charge < -0.3 is 15.6 Å². The van der Waals surface area contributed by atoms with E-state index in [1.54, 1.807) is 12.5 Å². The maximum Gasteiger partial charge on any atom is 0.229 e. The lowest BCUT2D eigenvalue weighted by molar-refractivity contribution is 0.927. The second kappa shape index (κ2) is 10.4. The van der Waals surface area contributed by atoms with Crippen molar-refractivity contribution in [2.45, 2.75) is 33.6 Å². The van der Waals surface area contributed by atoms with E-state index in [9.17, 15) is 0 Å². The van der Waals surface area contributed by atoms with E-state index in [2.05, 4.69) is 53.9 Å². The van der Waals surface area contributed by atoms with Gasteiger partial charge in [0.2, 0.25) is 11.9 Å². The molecule has 0 fully saturated rings. The van der Waals surface area contributed by atoms with Crippen LogP contribution in [0, 0.1) is 13.8 Å². The van der Waals surface area contributed by atoms with Crippen molar-refractivity contribution in [1.82, 2.24) is 25.3 Å². The molecule has 0 bridgehead atoms. The van der Waals surface area contributed by atoms with Gasteiger partial charge >= 0.3 is 0 Å².